The minimum Gasteiger partial charge on any atom is -0.339 e. The highest BCUT2D eigenvalue weighted by Crippen LogP contribution is 2.22. The number of nitrogens with zero attached hydrogens (tertiary/aromatic N) is 1. The van der Waals surface area contributed by atoms with Crippen LogP contribution in [0.15, 0.2) is 42.5 Å². The zero-order valence-corrected chi connectivity index (χ0v) is 11.0. The van der Waals surface area contributed by atoms with Crippen molar-refractivity contribution in [1.29, 1.82) is 5.26 Å². The zero-order chi connectivity index (χ0) is 14.5. The van der Waals surface area contributed by atoms with Gasteiger partial charge in [-0.05, 0) is 30.2 Å². The molecule has 0 aliphatic rings. The molecule has 1 N–H and O–H groups in total. The van der Waals surface area contributed by atoms with E-state index in [4.69, 9.17) is 5.26 Å². The van der Waals surface area contributed by atoms with Crippen molar-refractivity contribution in [3.8, 4) is 17.2 Å². The van der Waals surface area contributed by atoms with Gasteiger partial charge in [-0.25, -0.2) is 4.39 Å². The first-order valence-electron chi connectivity index (χ1n) is 6.13. The number of nitrogens with one attached hydrogen (secondary N) is 1. The predicted octanol–water partition coefficient (Wildman–Crippen LogP) is 3.05. The average Bonchev–Trinajstić information content (AvgIpc) is 2.45. The molecule has 0 heterocycles. The van der Waals surface area contributed by atoms with E-state index >= 15 is 0 Å². The number of halogens is 1. The van der Waals surface area contributed by atoms with E-state index in [2.05, 4.69) is 5.32 Å². The molecule has 0 radical (unpaired) electrons. The van der Waals surface area contributed by atoms with Gasteiger partial charge in [-0.3, -0.25) is 4.79 Å². The average molecular weight is 268 g/mol. The summed E-state index contributed by atoms with van der Waals surface area (Å²) in [6.45, 7) is 1.84. The van der Waals surface area contributed by atoms with Crippen molar-refractivity contribution in [3.05, 3.63) is 59.4 Å². The molecule has 1 amide bonds. The molecular weight excluding hydrogens is 255 g/mol. The van der Waals surface area contributed by atoms with Crippen molar-refractivity contribution in [2.75, 3.05) is 6.54 Å². The summed E-state index contributed by atoms with van der Waals surface area (Å²) < 4.78 is 13.9. The highest BCUT2D eigenvalue weighted by molar-refractivity contribution is 5.95. The monoisotopic (exact) mass is 268 g/mol. The van der Waals surface area contributed by atoms with Gasteiger partial charge in [-0.1, -0.05) is 35.9 Å². The van der Waals surface area contributed by atoms with Crippen molar-refractivity contribution in [1.82, 2.24) is 5.32 Å². The minimum absolute atomic E-state index is 0.0592. The molecule has 4 heteroatoms. The summed E-state index contributed by atoms with van der Waals surface area (Å²) in [5, 5.41) is 10.7. The van der Waals surface area contributed by atoms with Gasteiger partial charge in [0, 0.05) is 0 Å². The van der Waals surface area contributed by atoms with E-state index in [0.717, 1.165) is 11.1 Å². The van der Waals surface area contributed by atoms with Crippen LogP contribution in [0.4, 0.5) is 4.39 Å². The van der Waals surface area contributed by atoms with Crippen LogP contribution in [-0.2, 0) is 0 Å². The van der Waals surface area contributed by atoms with Gasteiger partial charge in [0.15, 0.2) is 0 Å². The number of carbonyl (C=O) groups excluding carboxylic acids is 1. The maximum absolute atomic E-state index is 13.9. The summed E-state index contributed by atoms with van der Waals surface area (Å²) in [5.74, 6) is -1.18. The molecule has 0 unspecified atom stereocenters. The second-order valence-electron chi connectivity index (χ2n) is 4.40. The van der Waals surface area contributed by atoms with Crippen LogP contribution in [-0.4, -0.2) is 12.5 Å². The van der Waals surface area contributed by atoms with Crippen LogP contribution in [0.2, 0.25) is 0 Å². The molecule has 3 nitrogen and oxygen atoms in total. The fourth-order valence-corrected chi connectivity index (χ4v) is 1.84. The Labute approximate surface area is 116 Å². The standard InChI is InChI=1S/C16H13FN2O/c1-11-2-4-12(5-3-11)13-6-7-14(15(17)10-13)16(20)19-9-8-18/h2-7,10H,9H2,1H3,(H,19,20). The normalized spacial score (nSPS) is 9.85. The van der Waals surface area contributed by atoms with Gasteiger partial charge in [-0.2, -0.15) is 5.26 Å². The Kier molecular flexibility index (Phi) is 4.11. The summed E-state index contributed by atoms with van der Waals surface area (Å²) in [4.78, 5) is 11.6. The number of benzene rings is 2. The first-order chi connectivity index (χ1) is 9.61. The van der Waals surface area contributed by atoms with Crippen LogP contribution >= 0.6 is 0 Å². The summed E-state index contributed by atoms with van der Waals surface area (Å²) in [7, 11) is 0. The molecule has 0 aliphatic heterocycles. The third kappa shape index (κ3) is 3.01. The first-order valence-corrected chi connectivity index (χ1v) is 6.13. The number of nitriles is 1. The van der Waals surface area contributed by atoms with Gasteiger partial charge in [0.05, 0.1) is 11.6 Å². The Balaban J connectivity index is 2.28. The van der Waals surface area contributed by atoms with Crippen LogP contribution in [0.1, 0.15) is 15.9 Å². The second-order valence-corrected chi connectivity index (χ2v) is 4.40. The molecule has 0 saturated carbocycles. The van der Waals surface area contributed by atoms with E-state index in [9.17, 15) is 9.18 Å². The van der Waals surface area contributed by atoms with Crippen molar-refractivity contribution >= 4 is 5.91 Å². The van der Waals surface area contributed by atoms with Crippen LogP contribution < -0.4 is 5.32 Å². The lowest BCUT2D eigenvalue weighted by molar-refractivity contribution is 0.0954. The molecule has 2 aromatic carbocycles. The first kappa shape index (κ1) is 13.8. The summed E-state index contributed by atoms with van der Waals surface area (Å²) in [5.41, 5.74) is 2.66. The van der Waals surface area contributed by atoms with E-state index in [-0.39, 0.29) is 12.1 Å². The van der Waals surface area contributed by atoms with Crippen LogP contribution in [0, 0.1) is 24.1 Å². The van der Waals surface area contributed by atoms with E-state index in [0.29, 0.717) is 5.56 Å². The third-order valence-electron chi connectivity index (χ3n) is 2.93. The lowest BCUT2D eigenvalue weighted by Crippen LogP contribution is -2.24. The van der Waals surface area contributed by atoms with Gasteiger partial charge in [0.1, 0.15) is 12.4 Å². The molecule has 100 valence electrons. The smallest absolute Gasteiger partial charge is 0.255 e. The molecule has 0 aromatic heterocycles. The summed E-state index contributed by atoms with van der Waals surface area (Å²) >= 11 is 0. The highest BCUT2D eigenvalue weighted by atomic mass is 19.1. The van der Waals surface area contributed by atoms with E-state index in [1.165, 1.54) is 12.1 Å². The molecular formula is C16H13FN2O. The van der Waals surface area contributed by atoms with E-state index in [1.807, 2.05) is 31.2 Å². The largest absolute Gasteiger partial charge is 0.339 e. The Morgan fingerprint density at radius 1 is 1.20 bits per heavy atom. The number of hydrogen-bond donors (Lipinski definition) is 1. The Morgan fingerprint density at radius 3 is 2.45 bits per heavy atom. The van der Waals surface area contributed by atoms with Gasteiger partial charge >= 0.3 is 0 Å². The Morgan fingerprint density at radius 2 is 1.85 bits per heavy atom. The molecule has 2 aromatic rings. The lowest BCUT2D eigenvalue weighted by atomic mass is 10.0. The van der Waals surface area contributed by atoms with E-state index < -0.39 is 11.7 Å². The van der Waals surface area contributed by atoms with Crippen molar-refractivity contribution in [2.24, 2.45) is 0 Å². The van der Waals surface area contributed by atoms with Gasteiger partial charge in [-0.15, -0.1) is 0 Å². The summed E-state index contributed by atoms with van der Waals surface area (Å²) in [6, 6.07) is 13.9. The third-order valence-corrected chi connectivity index (χ3v) is 2.93. The molecule has 0 spiro atoms. The maximum atomic E-state index is 13.9. The topological polar surface area (TPSA) is 52.9 Å². The highest BCUT2D eigenvalue weighted by Gasteiger charge is 2.12. The van der Waals surface area contributed by atoms with Crippen LogP contribution in [0.3, 0.4) is 0 Å². The zero-order valence-electron chi connectivity index (χ0n) is 11.0. The molecule has 0 atom stereocenters. The molecule has 0 aliphatic carbocycles. The van der Waals surface area contributed by atoms with Crippen molar-refractivity contribution in [3.63, 3.8) is 0 Å². The van der Waals surface area contributed by atoms with Gasteiger partial charge < -0.3 is 5.32 Å². The van der Waals surface area contributed by atoms with Crippen molar-refractivity contribution in [2.45, 2.75) is 6.92 Å². The number of rotatable bonds is 3. The maximum Gasteiger partial charge on any atom is 0.255 e. The van der Waals surface area contributed by atoms with Crippen molar-refractivity contribution < 1.29 is 9.18 Å². The Hall–Kier alpha value is -2.67. The number of hydrogen-bond acceptors (Lipinski definition) is 2. The molecule has 20 heavy (non-hydrogen) atoms. The SMILES string of the molecule is Cc1ccc(-c2ccc(C(=O)NCC#N)c(F)c2)cc1. The lowest BCUT2D eigenvalue weighted by Gasteiger charge is -2.06. The van der Waals surface area contributed by atoms with Gasteiger partial charge in [0.2, 0.25) is 0 Å². The number of carbonyl (C=O) groups is 1. The number of aryl methyl sites for hydroxylation is 1. The second kappa shape index (κ2) is 5.98. The minimum atomic E-state index is -0.599. The van der Waals surface area contributed by atoms with Crippen LogP contribution in [0.5, 0.6) is 0 Å². The summed E-state index contributed by atoms with van der Waals surface area (Å²) in [6.07, 6.45) is 0. The molecule has 2 rings (SSSR count). The predicted molar refractivity (Wildman–Crippen MR) is 74.5 cm³/mol. The Bertz CT molecular complexity index is 672. The van der Waals surface area contributed by atoms with Crippen LogP contribution in [0.25, 0.3) is 11.1 Å². The number of amides is 1. The molecule has 0 saturated heterocycles. The van der Waals surface area contributed by atoms with Gasteiger partial charge in [0.25, 0.3) is 5.91 Å². The quantitative estimate of drug-likeness (QED) is 0.870. The molecule has 0 fully saturated rings. The fraction of sp³-hybridized carbons (Fsp3) is 0.125. The molecule has 0 bridgehead atoms. The van der Waals surface area contributed by atoms with E-state index in [1.54, 1.807) is 12.1 Å². The fourth-order valence-electron chi connectivity index (χ4n) is 1.84.